The number of anilines is 1. The maximum atomic E-state index is 12.1. The lowest BCUT2D eigenvalue weighted by Gasteiger charge is -2.39. The van der Waals surface area contributed by atoms with Gasteiger partial charge in [0.25, 0.3) is 0 Å². The normalized spacial score (nSPS) is 15.4. The van der Waals surface area contributed by atoms with Crippen molar-refractivity contribution in [3.63, 3.8) is 0 Å². The number of para-hydroxylation sites is 2. The van der Waals surface area contributed by atoms with Crippen LogP contribution in [0.3, 0.4) is 0 Å². The highest BCUT2D eigenvalue weighted by molar-refractivity contribution is 5.90. The molecule has 4 aromatic carbocycles. The molecular formula is C31H26N2O. The summed E-state index contributed by atoms with van der Waals surface area (Å²) in [6.45, 7) is 5.80. The third-order valence-corrected chi connectivity index (χ3v) is 7.09. The molecule has 0 radical (unpaired) electrons. The summed E-state index contributed by atoms with van der Waals surface area (Å²) in [4.78, 5) is 14.4. The first-order chi connectivity index (χ1) is 16.8. The molecule has 0 N–H and O–H groups in total. The molecule has 0 spiro atoms. The molecule has 2 heterocycles. The zero-order valence-electron chi connectivity index (χ0n) is 19.0. The van der Waals surface area contributed by atoms with E-state index in [-0.39, 0.29) is 6.04 Å². The van der Waals surface area contributed by atoms with E-state index in [0.29, 0.717) is 5.57 Å². The molecule has 0 amide bonds. The highest BCUT2D eigenvalue weighted by Crippen LogP contribution is 2.42. The molecule has 3 heteroatoms. The molecule has 5 aromatic rings. The molecule has 0 aliphatic carbocycles. The highest BCUT2D eigenvalue weighted by Gasteiger charge is 2.34. The van der Waals surface area contributed by atoms with Gasteiger partial charge in [-0.25, -0.2) is 0 Å². The van der Waals surface area contributed by atoms with E-state index < -0.39 is 0 Å². The Kier molecular flexibility index (Phi) is 5.03. The second-order valence-electron chi connectivity index (χ2n) is 8.98. The van der Waals surface area contributed by atoms with E-state index in [1.165, 1.54) is 38.5 Å². The van der Waals surface area contributed by atoms with Gasteiger partial charge in [-0.1, -0.05) is 85.4 Å². The summed E-state index contributed by atoms with van der Waals surface area (Å²) in [7, 11) is 0. The Labute approximate surface area is 199 Å². The fourth-order valence-corrected chi connectivity index (χ4v) is 5.59. The molecule has 166 valence electrons. The van der Waals surface area contributed by atoms with Crippen LogP contribution in [0.1, 0.15) is 22.9 Å². The predicted octanol–water partition coefficient (Wildman–Crippen LogP) is 6.70. The van der Waals surface area contributed by atoms with Gasteiger partial charge in [0.1, 0.15) is 6.29 Å². The first-order valence-electron chi connectivity index (χ1n) is 11.8. The average Bonchev–Trinajstić information content (AvgIpc) is 3.22. The Morgan fingerprint density at radius 3 is 2.38 bits per heavy atom. The molecular weight excluding hydrogens is 416 g/mol. The lowest BCUT2D eigenvalue weighted by molar-refractivity contribution is -0.105. The molecule has 1 atom stereocenters. The van der Waals surface area contributed by atoms with E-state index in [9.17, 15) is 4.79 Å². The van der Waals surface area contributed by atoms with Crippen LogP contribution in [0.25, 0.3) is 21.7 Å². The van der Waals surface area contributed by atoms with Gasteiger partial charge < -0.3 is 9.47 Å². The average molecular weight is 443 g/mol. The zero-order chi connectivity index (χ0) is 23.1. The molecule has 1 aromatic heterocycles. The Balaban J connectivity index is 1.59. The molecule has 0 saturated heterocycles. The molecule has 1 aliphatic heterocycles. The predicted molar refractivity (Wildman–Crippen MR) is 140 cm³/mol. The van der Waals surface area contributed by atoms with Crippen LogP contribution in [0.2, 0.25) is 0 Å². The summed E-state index contributed by atoms with van der Waals surface area (Å²) in [5, 5.41) is 3.78. The summed E-state index contributed by atoms with van der Waals surface area (Å²) in [5.41, 5.74) is 6.69. The van der Waals surface area contributed by atoms with Crippen LogP contribution >= 0.6 is 0 Å². The van der Waals surface area contributed by atoms with E-state index in [0.717, 1.165) is 31.5 Å². The molecule has 0 saturated carbocycles. The molecule has 1 aliphatic rings. The van der Waals surface area contributed by atoms with Crippen molar-refractivity contribution in [1.82, 2.24) is 4.57 Å². The number of fused-ring (bicyclic) bond motifs is 4. The maximum Gasteiger partial charge on any atom is 0.147 e. The van der Waals surface area contributed by atoms with E-state index in [1.807, 2.05) is 6.07 Å². The van der Waals surface area contributed by atoms with Crippen molar-refractivity contribution < 1.29 is 4.79 Å². The minimum Gasteiger partial charge on any atom is -0.358 e. The van der Waals surface area contributed by atoms with Gasteiger partial charge in [0.2, 0.25) is 0 Å². The van der Waals surface area contributed by atoms with Crippen molar-refractivity contribution in [2.75, 3.05) is 11.4 Å². The SMILES string of the molecule is C=C(C=O)[C@@H]1c2c(c3ccccc3n2Cc2cccc3ccccc23)CCN1c1ccccc1. The van der Waals surface area contributed by atoms with Crippen molar-refractivity contribution in [1.29, 1.82) is 0 Å². The Bertz CT molecular complexity index is 1520. The molecule has 0 fully saturated rings. The van der Waals surface area contributed by atoms with Crippen molar-refractivity contribution >= 4 is 33.6 Å². The number of carbonyl (C=O) groups is 1. The fourth-order valence-electron chi connectivity index (χ4n) is 5.59. The third kappa shape index (κ3) is 3.24. The minimum absolute atomic E-state index is 0.203. The van der Waals surface area contributed by atoms with Crippen LogP contribution in [-0.4, -0.2) is 17.4 Å². The first kappa shape index (κ1) is 20.5. The van der Waals surface area contributed by atoms with Gasteiger partial charge >= 0.3 is 0 Å². The van der Waals surface area contributed by atoms with Gasteiger partial charge in [-0.2, -0.15) is 0 Å². The number of rotatable bonds is 5. The molecule has 34 heavy (non-hydrogen) atoms. The summed E-state index contributed by atoms with van der Waals surface area (Å²) in [6.07, 6.45) is 1.85. The van der Waals surface area contributed by atoms with Crippen LogP contribution in [0.4, 0.5) is 5.69 Å². The summed E-state index contributed by atoms with van der Waals surface area (Å²) >= 11 is 0. The van der Waals surface area contributed by atoms with E-state index in [1.54, 1.807) is 0 Å². The first-order valence-corrected chi connectivity index (χ1v) is 11.8. The number of hydrogen-bond acceptors (Lipinski definition) is 2. The van der Waals surface area contributed by atoms with E-state index >= 15 is 0 Å². The summed E-state index contributed by atoms with van der Waals surface area (Å²) < 4.78 is 2.42. The molecule has 0 bridgehead atoms. The standard InChI is InChI=1S/C31H26N2O/c1-22(21-34)30-31-28(18-19-32(30)25-13-3-2-4-14-25)27-16-7-8-17-29(27)33(31)20-24-12-9-11-23-10-5-6-15-26(23)24/h2-17,21,30H,1,18-20H2/t30-/m1/s1. The van der Waals surface area contributed by atoms with Crippen LogP contribution < -0.4 is 4.90 Å². The lowest BCUT2D eigenvalue weighted by Crippen LogP contribution is -2.38. The van der Waals surface area contributed by atoms with Crippen molar-refractivity contribution in [3.8, 4) is 0 Å². The topological polar surface area (TPSA) is 25.2 Å². The molecule has 0 unspecified atom stereocenters. The number of nitrogens with zero attached hydrogens (tertiary/aromatic N) is 2. The van der Waals surface area contributed by atoms with Crippen molar-refractivity contribution in [2.24, 2.45) is 0 Å². The second-order valence-corrected chi connectivity index (χ2v) is 8.98. The minimum atomic E-state index is -0.203. The second kappa shape index (κ2) is 8.35. The van der Waals surface area contributed by atoms with Gasteiger partial charge in [-0.3, -0.25) is 4.79 Å². The Morgan fingerprint density at radius 2 is 1.56 bits per heavy atom. The van der Waals surface area contributed by atoms with Gasteiger partial charge in [-0.05, 0) is 46.5 Å². The maximum absolute atomic E-state index is 12.1. The van der Waals surface area contributed by atoms with Gasteiger partial charge in [0.05, 0.1) is 6.04 Å². The van der Waals surface area contributed by atoms with Crippen LogP contribution in [0, 0.1) is 0 Å². The number of carbonyl (C=O) groups excluding carboxylic acids is 1. The smallest absolute Gasteiger partial charge is 0.147 e. The quantitative estimate of drug-likeness (QED) is 0.223. The van der Waals surface area contributed by atoms with E-state index in [4.69, 9.17) is 0 Å². The molecule has 3 nitrogen and oxygen atoms in total. The summed E-state index contributed by atoms with van der Waals surface area (Å²) in [6, 6.07) is 33.8. The molecule has 6 rings (SSSR count). The number of aldehydes is 1. The Morgan fingerprint density at radius 1 is 0.853 bits per heavy atom. The highest BCUT2D eigenvalue weighted by atomic mass is 16.1. The largest absolute Gasteiger partial charge is 0.358 e. The van der Waals surface area contributed by atoms with Crippen molar-refractivity contribution in [2.45, 2.75) is 19.0 Å². The number of hydrogen-bond donors (Lipinski definition) is 0. The van der Waals surface area contributed by atoms with Crippen molar-refractivity contribution in [3.05, 3.63) is 126 Å². The number of aromatic nitrogens is 1. The fraction of sp³-hybridized carbons (Fsp3) is 0.129. The van der Waals surface area contributed by atoms with Gasteiger partial charge in [0, 0.05) is 40.9 Å². The Hall–Kier alpha value is -4.11. The summed E-state index contributed by atoms with van der Waals surface area (Å²) in [5.74, 6) is 0. The number of benzene rings is 4. The van der Waals surface area contributed by atoms with Crippen LogP contribution in [-0.2, 0) is 17.8 Å². The monoisotopic (exact) mass is 442 g/mol. The third-order valence-electron chi connectivity index (χ3n) is 7.09. The van der Waals surface area contributed by atoms with E-state index in [2.05, 4.69) is 107 Å². The van der Waals surface area contributed by atoms with Gasteiger partial charge in [0.15, 0.2) is 0 Å². The lowest BCUT2D eigenvalue weighted by atomic mass is 9.92. The van der Waals surface area contributed by atoms with Crippen LogP contribution in [0.15, 0.2) is 109 Å². The zero-order valence-corrected chi connectivity index (χ0v) is 19.0. The van der Waals surface area contributed by atoms with Gasteiger partial charge in [-0.15, -0.1) is 0 Å². The van der Waals surface area contributed by atoms with Crippen LogP contribution in [0.5, 0.6) is 0 Å².